The van der Waals surface area contributed by atoms with E-state index in [2.05, 4.69) is 4.74 Å². The van der Waals surface area contributed by atoms with E-state index in [4.69, 9.17) is 5.11 Å². The SMILES string of the molecule is COC(=O)c1ccc(-c2cc(C(=O)O)ccc2F)c(F)c1. The van der Waals surface area contributed by atoms with Crippen LogP contribution in [0.3, 0.4) is 0 Å². The zero-order valence-corrected chi connectivity index (χ0v) is 10.9. The third kappa shape index (κ3) is 2.89. The lowest BCUT2D eigenvalue weighted by molar-refractivity contribution is 0.0599. The molecule has 0 heterocycles. The van der Waals surface area contributed by atoms with Crippen molar-refractivity contribution in [1.29, 1.82) is 0 Å². The summed E-state index contributed by atoms with van der Waals surface area (Å²) >= 11 is 0. The summed E-state index contributed by atoms with van der Waals surface area (Å²) in [6.07, 6.45) is 0. The molecule has 0 spiro atoms. The highest BCUT2D eigenvalue weighted by atomic mass is 19.1. The molecule has 0 bridgehead atoms. The maximum absolute atomic E-state index is 14.0. The molecule has 4 nitrogen and oxygen atoms in total. The third-order valence-corrected chi connectivity index (χ3v) is 2.89. The molecule has 0 radical (unpaired) electrons. The topological polar surface area (TPSA) is 63.6 Å². The summed E-state index contributed by atoms with van der Waals surface area (Å²) in [5, 5.41) is 8.89. The number of halogens is 2. The van der Waals surface area contributed by atoms with Gasteiger partial charge < -0.3 is 9.84 Å². The number of benzene rings is 2. The zero-order valence-electron chi connectivity index (χ0n) is 10.9. The molecule has 0 atom stereocenters. The molecule has 0 aromatic heterocycles. The van der Waals surface area contributed by atoms with Gasteiger partial charge in [0.1, 0.15) is 11.6 Å². The first-order chi connectivity index (χ1) is 9.93. The first-order valence-electron chi connectivity index (χ1n) is 5.85. The number of hydrogen-bond acceptors (Lipinski definition) is 3. The standard InChI is InChI=1S/C15H10F2O4/c1-21-15(20)9-2-4-10(13(17)7-9)11-6-8(14(18)19)3-5-12(11)16/h2-7H,1H3,(H,18,19). The van der Waals surface area contributed by atoms with Gasteiger partial charge >= 0.3 is 11.9 Å². The molecule has 0 saturated carbocycles. The fourth-order valence-electron chi connectivity index (χ4n) is 1.84. The molecule has 108 valence electrons. The van der Waals surface area contributed by atoms with Crippen molar-refractivity contribution in [3.05, 3.63) is 59.2 Å². The van der Waals surface area contributed by atoms with Crippen molar-refractivity contribution in [3.63, 3.8) is 0 Å². The summed E-state index contributed by atoms with van der Waals surface area (Å²) in [7, 11) is 1.16. The van der Waals surface area contributed by atoms with Gasteiger partial charge in [0.05, 0.1) is 18.2 Å². The van der Waals surface area contributed by atoms with Gasteiger partial charge in [-0.3, -0.25) is 0 Å². The highest BCUT2D eigenvalue weighted by Crippen LogP contribution is 2.27. The van der Waals surface area contributed by atoms with Crippen molar-refractivity contribution in [2.24, 2.45) is 0 Å². The Hall–Kier alpha value is -2.76. The first kappa shape index (κ1) is 14.6. The summed E-state index contributed by atoms with van der Waals surface area (Å²) in [6.45, 7) is 0. The average molecular weight is 292 g/mol. The van der Waals surface area contributed by atoms with Crippen molar-refractivity contribution < 1.29 is 28.2 Å². The molecule has 2 rings (SSSR count). The van der Waals surface area contributed by atoms with Crippen LogP contribution in [0.15, 0.2) is 36.4 Å². The van der Waals surface area contributed by atoms with Crippen LogP contribution in [-0.4, -0.2) is 24.2 Å². The lowest BCUT2D eigenvalue weighted by Crippen LogP contribution is -2.03. The van der Waals surface area contributed by atoms with Gasteiger partial charge in [0.25, 0.3) is 0 Å². The summed E-state index contributed by atoms with van der Waals surface area (Å²) in [4.78, 5) is 22.2. The minimum absolute atomic E-state index is 0.0199. The van der Waals surface area contributed by atoms with Crippen molar-refractivity contribution in [2.75, 3.05) is 7.11 Å². The van der Waals surface area contributed by atoms with Crippen LogP contribution < -0.4 is 0 Å². The van der Waals surface area contributed by atoms with E-state index in [1.807, 2.05) is 0 Å². The van der Waals surface area contributed by atoms with Crippen LogP contribution in [0.2, 0.25) is 0 Å². The molecule has 0 saturated heterocycles. The Labute approximate surface area is 118 Å². The number of hydrogen-bond donors (Lipinski definition) is 1. The Bertz CT molecular complexity index is 726. The highest BCUT2D eigenvalue weighted by molar-refractivity contribution is 5.91. The molecule has 0 unspecified atom stereocenters. The van der Waals surface area contributed by atoms with Crippen LogP contribution >= 0.6 is 0 Å². The number of aromatic carboxylic acids is 1. The monoisotopic (exact) mass is 292 g/mol. The van der Waals surface area contributed by atoms with E-state index < -0.39 is 23.6 Å². The molecule has 0 amide bonds. The van der Waals surface area contributed by atoms with Crippen LogP contribution in [0, 0.1) is 11.6 Å². The van der Waals surface area contributed by atoms with Crippen molar-refractivity contribution in [1.82, 2.24) is 0 Å². The molecule has 1 N–H and O–H groups in total. The van der Waals surface area contributed by atoms with Crippen LogP contribution in [0.5, 0.6) is 0 Å². The van der Waals surface area contributed by atoms with E-state index in [0.29, 0.717) is 0 Å². The van der Waals surface area contributed by atoms with Crippen LogP contribution in [0.1, 0.15) is 20.7 Å². The molecule has 0 aliphatic carbocycles. The largest absolute Gasteiger partial charge is 0.478 e. The second kappa shape index (κ2) is 5.70. The minimum Gasteiger partial charge on any atom is -0.478 e. The van der Waals surface area contributed by atoms with E-state index >= 15 is 0 Å². The Morgan fingerprint density at radius 2 is 1.62 bits per heavy atom. The molecular formula is C15H10F2O4. The van der Waals surface area contributed by atoms with Gasteiger partial charge in [-0.2, -0.15) is 0 Å². The normalized spacial score (nSPS) is 10.2. The lowest BCUT2D eigenvalue weighted by Gasteiger charge is -2.08. The van der Waals surface area contributed by atoms with Gasteiger partial charge in [-0.25, -0.2) is 18.4 Å². The van der Waals surface area contributed by atoms with Crippen molar-refractivity contribution >= 4 is 11.9 Å². The van der Waals surface area contributed by atoms with Crippen molar-refractivity contribution in [2.45, 2.75) is 0 Å². The molecule has 0 aliphatic rings. The Balaban J connectivity index is 2.54. The molecule has 2 aromatic rings. The van der Waals surface area contributed by atoms with Gasteiger partial charge in [0.15, 0.2) is 0 Å². The number of methoxy groups -OCH3 is 1. The lowest BCUT2D eigenvalue weighted by atomic mass is 10.0. The van der Waals surface area contributed by atoms with E-state index in [1.165, 1.54) is 12.1 Å². The van der Waals surface area contributed by atoms with Crippen LogP contribution in [0.4, 0.5) is 8.78 Å². The fourth-order valence-corrected chi connectivity index (χ4v) is 1.84. The maximum Gasteiger partial charge on any atom is 0.337 e. The van der Waals surface area contributed by atoms with Gasteiger partial charge in [0, 0.05) is 11.1 Å². The fraction of sp³-hybridized carbons (Fsp3) is 0.0667. The molecule has 0 aliphatic heterocycles. The average Bonchev–Trinajstić information content (AvgIpc) is 2.47. The van der Waals surface area contributed by atoms with E-state index in [1.54, 1.807) is 0 Å². The number of esters is 1. The van der Waals surface area contributed by atoms with Crippen molar-refractivity contribution in [3.8, 4) is 11.1 Å². The molecular weight excluding hydrogens is 282 g/mol. The second-order valence-corrected chi connectivity index (χ2v) is 4.19. The summed E-state index contributed by atoms with van der Waals surface area (Å²) < 4.78 is 32.2. The number of rotatable bonds is 3. The number of ether oxygens (including phenoxy) is 1. The zero-order chi connectivity index (χ0) is 15.6. The Kier molecular flexibility index (Phi) is 3.98. The van der Waals surface area contributed by atoms with E-state index in [9.17, 15) is 18.4 Å². The van der Waals surface area contributed by atoms with Gasteiger partial charge in [-0.05, 0) is 30.3 Å². The molecule has 6 heteroatoms. The Morgan fingerprint density at radius 3 is 2.19 bits per heavy atom. The van der Waals surface area contributed by atoms with E-state index in [0.717, 1.165) is 31.4 Å². The summed E-state index contributed by atoms with van der Waals surface area (Å²) in [5.74, 6) is -3.58. The smallest absolute Gasteiger partial charge is 0.337 e. The highest BCUT2D eigenvalue weighted by Gasteiger charge is 2.15. The predicted molar refractivity (Wildman–Crippen MR) is 70.1 cm³/mol. The van der Waals surface area contributed by atoms with Gasteiger partial charge in [-0.15, -0.1) is 0 Å². The quantitative estimate of drug-likeness (QED) is 0.883. The van der Waals surface area contributed by atoms with Gasteiger partial charge in [0.2, 0.25) is 0 Å². The number of carbonyl (C=O) groups is 2. The minimum atomic E-state index is -1.25. The summed E-state index contributed by atoms with van der Waals surface area (Å²) in [6, 6.07) is 6.46. The molecule has 0 fully saturated rings. The number of carboxylic acid groups (broad SMARTS) is 1. The molecule has 2 aromatic carbocycles. The van der Waals surface area contributed by atoms with E-state index in [-0.39, 0.29) is 22.3 Å². The van der Waals surface area contributed by atoms with Crippen LogP contribution in [0.25, 0.3) is 11.1 Å². The Morgan fingerprint density at radius 1 is 0.952 bits per heavy atom. The molecule has 21 heavy (non-hydrogen) atoms. The summed E-state index contributed by atoms with van der Waals surface area (Å²) in [5.41, 5.74) is -0.511. The van der Waals surface area contributed by atoms with Gasteiger partial charge in [-0.1, -0.05) is 6.07 Å². The third-order valence-electron chi connectivity index (χ3n) is 2.89. The maximum atomic E-state index is 14.0. The predicted octanol–water partition coefficient (Wildman–Crippen LogP) is 3.12. The first-order valence-corrected chi connectivity index (χ1v) is 5.85. The van der Waals surface area contributed by atoms with Crippen LogP contribution in [-0.2, 0) is 4.74 Å². The second-order valence-electron chi connectivity index (χ2n) is 4.19. The number of carbonyl (C=O) groups excluding carboxylic acids is 1. The number of carboxylic acids is 1.